The molecule has 0 aromatic heterocycles. The highest BCUT2D eigenvalue weighted by Crippen LogP contribution is 2.34. The van der Waals surface area contributed by atoms with Gasteiger partial charge in [-0.3, -0.25) is 9.59 Å². The zero-order valence-electron chi connectivity index (χ0n) is 16.1. The summed E-state index contributed by atoms with van der Waals surface area (Å²) >= 11 is 3.22. The minimum atomic E-state index is -0.806. The van der Waals surface area contributed by atoms with Crippen LogP contribution in [0.3, 0.4) is 0 Å². The lowest BCUT2D eigenvalue weighted by molar-refractivity contribution is -0.142. The molecular weight excluding hydrogens is 459 g/mol. The van der Waals surface area contributed by atoms with Crippen molar-refractivity contribution in [2.75, 3.05) is 44.4 Å². The van der Waals surface area contributed by atoms with E-state index in [0.717, 1.165) is 0 Å². The monoisotopic (exact) mass is 478 g/mol. The molecule has 4 rings (SSSR count). The lowest BCUT2D eigenvalue weighted by Gasteiger charge is -2.37. The SMILES string of the molecule is O=C(C1CN(C(=O)COc2ccc(F)cc2Br)c2ccccc2O1)N1CCOCC1. The van der Waals surface area contributed by atoms with Crippen LogP contribution in [0.1, 0.15) is 0 Å². The molecule has 1 fully saturated rings. The Kier molecular flexibility index (Phi) is 6.19. The number of hydrogen-bond acceptors (Lipinski definition) is 5. The number of amides is 2. The summed E-state index contributed by atoms with van der Waals surface area (Å²) in [5, 5.41) is 0. The topological polar surface area (TPSA) is 68.3 Å². The molecule has 2 aromatic carbocycles. The molecule has 1 atom stereocenters. The Morgan fingerprint density at radius 3 is 2.70 bits per heavy atom. The van der Waals surface area contributed by atoms with Crippen molar-refractivity contribution in [1.82, 2.24) is 4.90 Å². The van der Waals surface area contributed by atoms with E-state index in [2.05, 4.69) is 15.9 Å². The summed E-state index contributed by atoms with van der Waals surface area (Å²) in [4.78, 5) is 29.1. The van der Waals surface area contributed by atoms with Gasteiger partial charge in [-0.2, -0.15) is 0 Å². The fourth-order valence-electron chi connectivity index (χ4n) is 3.40. The van der Waals surface area contributed by atoms with E-state index in [4.69, 9.17) is 14.2 Å². The Morgan fingerprint density at radius 2 is 1.93 bits per heavy atom. The molecule has 0 N–H and O–H groups in total. The molecule has 1 unspecified atom stereocenters. The zero-order chi connectivity index (χ0) is 21.1. The number of hydrogen-bond donors (Lipinski definition) is 0. The summed E-state index contributed by atoms with van der Waals surface area (Å²) in [6, 6.07) is 11.0. The van der Waals surface area contributed by atoms with Gasteiger partial charge in [-0.1, -0.05) is 12.1 Å². The second kappa shape index (κ2) is 9.01. The Morgan fingerprint density at radius 1 is 1.17 bits per heavy atom. The van der Waals surface area contributed by atoms with Gasteiger partial charge in [-0.25, -0.2) is 4.39 Å². The number of carbonyl (C=O) groups is 2. The quantitative estimate of drug-likeness (QED) is 0.675. The van der Waals surface area contributed by atoms with Crippen LogP contribution in [0.5, 0.6) is 11.5 Å². The van der Waals surface area contributed by atoms with Crippen molar-refractivity contribution in [2.45, 2.75) is 6.10 Å². The predicted octanol–water partition coefficient (Wildman–Crippen LogP) is 2.62. The second-order valence-electron chi connectivity index (χ2n) is 6.88. The van der Waals surface area contributed by atoms with Crippen molar-refractivity contribution in [3.8, 4) is 11.5 Å². The molecule has 0 bridgehead atoms. The van der Waals surface area contributed by atoms with Gasteiger partial charge in [0, 0.05) is 13.1 Å². The van der Waals surface area contributed by atoms with E-state index < -0.39 is 11.9 Å². The first kappa shape index (κ1) is 20.6. The Bertz CT molecular complexity index is 951. The smallest absolute Gasteiger partial charge is 0.265 e. The van der Waals surface area contributed by atoms with E-state index in [-0.39, 0.29) is 25.0 Å². The first-order valence-corrected chi connectivity index (χ1v) is 10.3. The zero-order valence-corrected chi connectivity index (χ0v) is 17.6. The van der Waals surface area contributed by atoms with Crippen molar-refractivity contribution >= 4 is 33.4 Å². The molecule has 158 valence electrons. The minimum Gasteiger partial charge on any atom is -0.483 e. The highest BCUT2D eigenvalue weighted by atomic mass is 79.9. The number of nitrogens with zero attached hydrogens (tertiary/aromatic N) is 2. The fraction of sp³-hybridized carbons (Fsp3) is 0.333. The van der Waals surface area contributed by atoms with Gasteiger partial charge in [0.05, 0.1) is 29.9 Å². The van der Waals surface area contributed by atoms with E-state index >= 15 is 0 Å². The van der Waals surface area contributed by atoms with Gasteiger partial charge in [-0.15, -0.1) is 0 Å². The maximum absolute atomic E-state index is 13.3. The van der Waals surface area contributed by atoms with Crippen molar-refractivity contribution in [3.63, 3.8) is 0 Å². The average Bonchev–Trinajstić information content (AvgIpc) is 2.77. The van der Waals surface area contributed by atoms with Gasteiger partial charge in [-0.05, 0) is 46.3 Å². The molecule has 0 radical (unpaired) electrons. The number of fused-ring (bicyclic) bond motifs is 1. The van der Waals surface area contributed by atoms with E-state index in [0.29, 0.717) is 48.0 Å². The molecule has 7 nitrogen and oxygen atoms in total. The lowest BCUT2D eigenvalue weighted by atomic mass is 10.1. The van der Waals surface area contributed by atoms with Gasteiger partial charge in [0.15, 0.2) is 12.7 Å². The van der Waals surface area contributed by atoms with Crippen molar-refractivity contribution in [3.05, 3.63) is 52.8 Å². The van der Waals surface area contributed by atoms with Crippen molar-refractivity contribution < 1.29 is 28.2 Å². The molecule has 9 heteroatoms. The first-order chi connectivity index (χ1) is 14.5. The molecule has 0 spiro atoms. The van der Waals surface area contributed by atoms with Crippen LogP contribution in [0.2, 0.25) is 0 Å². The van der Waals surface area contributed by atoms with Crippen LogP contribution in [-0.4, -0.2) is 62.3 Å². The summed E-state index contributed by atoms with van der Waals surface area (Å²) in [7, 11) is 0. The molecule has 0 saturated carbocycles. The second-order valence-corrected chi connectivity index (χ2v) is 7.73. The van der Waals surface area contributed by atoms with Crippen LogP contribution in [0, 0.1) is 5.82 Å². The van der Waals surface area contributed by atoms with Gasteiger partial charge in [0.1, 0.15) is 17.3 Å². The fourth-order valence-corrected chi connectivity index (χ4v) is 3.86. The highest BCUT2D eigenvalue weighted by Gasteiger charge is 2.36. The third kappa shape index (κ3) is 4.41. The molecule has 30 heavy (non-hydrogen) atoms. The molecule has 2 aromatic rings. The molecule has 0 aliphatic carbocycles. The first-order valence-electron chi connectivity index (χ1n) is 9.53. The highest BCUT2D eigenvalue weighted by molar-refractivity contribution is 9.10. The maximum Gasteiger partial charge on any atom is 0.265 e. The number of benzene rings is 2. The number of para-hydroxylation sites is 2. The predicted molar refractivity (Wildman–Crippen MR) is 110 cm³/mol. The van der Waals surface area contributed by atoms with Crippen molar-refractivity contribution in [2.24, 2.45) is 0 Å². The van der Waals surface area contributed by atoms with Crippen LogP contribution in [0.4, 0.5) is 10.1 Å². The third-order valence-electron chi connectivity index (χ3n) is 4.92. The normalized spacial score (nSPS) is 18.4. The summed E-state index contributed by atoms with van der Waals surface area (Å²) in [6.45, 7) is 1.78. The maximum atomic E-state index is 13.3. The van der Waals surface area contributed by atoms with Crippen LogP contribution in [0.15, 0.2) is 46.9 Å². The van der Waals surface area contributed by atoms with Gasteiger partial charge in [0.2, 0.25) is 0 Å². The number of halogens is 2. The molecule has 2 aliphatic rings. The molecule has 2 heterocycles. The summed E-state index contributed by atoms with van der Waals surface area (Å²) < 4.78 is 30.5. The molecule has 1 saturated heterocycles. The van der Waals surface area contributed by atoms with E-state index in [1.807, 2.05) is 0 Å². The van der Waals surface area contributed by atoms with Crippen LogP contribution in [0.25, 0.3) is 0 Å². The third-order valence-corrected chi connectivity index (χ3v) is 5.54. The number of rotatable bonds is 4. The number of morpholine rings is 1. The van der Waals surface area contributed by atoms with Gasteiger partial charge >= 0.3 is 0 Å². The van der Waals surface area contributed by atoms with E-state index in [9.17, 15) is 14.0 Å². The van der Waals surface area contributed by atoms with Crippen LogP contribution >= 0.6 is 15.9 Å². The van der Waals surface area contributed by atoms with Crippen LogP contribution in [-0.2, 0) is 14.3 Å². The van der Waals surface area contributed by atoms with E-state index in [1.165, 1.54) is 23.1 Å². The Labute approximate surface area is 181 Å². The standard InChI is InChI=1S/C21H20BrFN2O5/c22-15-11-14(23)5-6-17(15)29-13-20(26)25-12-19(21(27)24-7-9-28-10-8-24)30-18-4-2-1-3-16(18)25/h1-6,11,19H,7-10,12-13H2. The van der Waals surface area contributed by atoms with Crippen LogP contribution < -0.4 is 14.4 Å². The summed E-state index contributed by atoms with van der Waals surface area (Å²) in [6.07, 6.45) is -0.806. The van der Waals surface area contributed by atoms with Gasteiger partial charge < -0.3 is 24.0 Å². The molecular formula is C21H20BrFN2O5. The van der Waals surface area contributed by atoms with Gasteiger partial charge in [0.25, 0.3) is 11.8 Å². The van der Waals surface area contributed by atoms with Crippen molar-refractivity contribution in [1.29, 1.82) is 0 Å². The number of anilines is 1. The lowest BCUT2D eigenvalue weighted by Crippen LogP contribution is -2.54. The summed E-state index contributed by atoms with van der Waals surface area (Å²) in [5.41, 5.74) is 0.579. The summed E-state index contributed by atoms with van der Waals surface area (Å²) in [5.74, 6) is -0.0967. The number of ether oxygens (including phenoxy) is 3. The minimum absolute atomic E-state index is 0.0833. The largest absolute Gasteiger partial charge is 0.483 e. The van der Waals surface area contributed by atoms with E-state index in [1.54, 1.807) is 29.2 Å². The Hall–Kier alpha value is -2.65. The Balaban J connectivity index is 1.50. The molecule has 2 amide bonds. The molecule has 2 aliphatic heterocycles. The average molecular weight is 479 g/mol. The number of carbonyl (C=O) groups excluding carboxylic acids is 2.